The van der Waals surface area contributed by atoms with Crippen LogP contribution in [0.15, 0.2) is 48.8 Å². The zero-order valence-corrected chi connectivity index (χ0v) is 14.6. The molecule has 2 bridgehead atoms. The Morgan fingerprint density at radius 2 is 2.08 bits per heavy atom. The highest BCUT2D eigenvalue weighted by atomic mass is 16.5. The first kappa shape index (κ1) is 16.1. The highest BCUT2D eigenvalue weighted by molar-refractivity contribution is 5.99. The van der Waals surface area contributed by atoms with E-state index < -0.39 is 0 Å². The second kappa shape index (κ2) is 6.48. The van der Waals surface area contributed by atoms with Crippen molar-refractivity contribution in [3.8, 4) is 5.75 Å². The number of hydrogen-bond donors (Lipinski definition) is 0. The van der Waals surface area contributed by atoms with Crippen molar-refractivity contribution in [1.29, 1.82) is 0 Å². The van der Waals surface area contributed by atoms with E-state index in [9.17, 15) is 4.79 Å². The summed E-state index contributed by atoms with van der Waals surface area (Å²) in [6.07, 6.45) is 4.37. The van der Waals surface area contributed by atoms with Crippen LogP contribution in [0.3, 0.4) is 0 Å². The molecule has 2 aromatic rings. The number of benzene rings is 1. The molecule has 0 aliphatic carbocycles. The predicted octanol–water partition coefficient (Wildman–Crippen LogP) is 2.86. The third-order valence-corrected chi connectivity index (χ3v) is 5.03. The average Bonchev–Trinajstić information content (AvgIpc) is 3.05. The fourth-order valence-corrected chi connectivity index (χ4v) is 3.82. The van der Waals surface area contributed by atoms with Crippen LogP contribution in [-0.2, 0) is 11.3 Å². The lowest BCUT2D eigenvalue weighted by Crippen LogP contribution is -2.48. The number of pyridine rings is 1. The van der Waals surface area contributed by atoms with E-state index in [2.05, 4.69) is 23.7 Å². The van der Waals surface area contributed by atoms with Gasteiger partial charge in [0.25, 0.3) is 0 Å². The Hall–Kier alpha value is -2.40. The second-order valence-electron chi connectivity index (χ2n) is 7.04. The Kier molecular flexibility index (Phi) is 4.17. The summed E-state index contributed by atoms with van der Waals surface area (Å²) in [5, 5.41) is 0. The number of nitrogens with zero attached hydrogens (tertiary/aromatic N) is 3. The van der Waals surface area contributed by atoms with Crippen molar-refractivity contribution in [2.24, 2.45) is 0 Å². The van der Waals surface area contributed by atoms with Crippen LogP contribution >= 0.6 is 0 Å². The van der Waals surface area contributed by atoms with Gasteiger partial charge < -0.3 is 9.64 Å². The van der Waals surface area contributed by atoms with E-state index in [0.29, 0.717) is 12.6 Å². The molecule has 0 saturated carbocycles. The van der Waals surface area contributed by atoms with E-state index >= 15 is 0 Å². The van der Waals surface area contributed by atoms with Gasteiger partial charge in [0, 0.05) is 31.4 Å². The number of aromatic nitrogens is 1. The van der Waals surface area contributed by atoms with Gasteiger partial charge in [-0.1, -0.05) is 18.2 Å². The molecule has 1 aromatic heterocycles. The van der Waals surface area contributed by atoms with Crippen molar-refractivity contribution in [2.45, 2.75) is 45.0 Å². The van der Waals surface area contributed by atoms with E-state index in [1.165, 1.54) is 0 Å². The third-order valence-electron chi connectivity index (χ3n) is 5.03. The minimum absolute atomic E-state index is 0.0676. The molecule has 3 heterocycles. The molecule has 0 radical (unpaired) electrons. The van der Waals surface area contributed by atoms with E-state index in [1.807, 2.05) is 47.5 Å². The van der Waals surface area contributed by atoms with Crippen molar-refractivity contribution in [3.05, 3.63) is 54.4 Å². The van der Waals surface area contributed by atoms with Gasteiger partial charge >= 0.3 is 0 Å². The lowest BCUT2D eigenvalue weighted by Gasteiger charge is -2.33. The van der Waals surface area contributed by atoms with Crippen molar-refractivity contribution in [3.63, 3.8) is 0 Å². The van der Waals surface area contributed by atoms with Gasteiger partial charge in [-0.05, 0) is 37.6 Å². The quantitative estimate of drug-likeness (QED) is 0.864. The molecule has 5 nitrogen and oxygen atoms in total. The second-order valence-corrected chi connectivity index (χ2v) is 7.04. The van der Waals surface area contributed by atoms with Crippen molar-refractivity contribution >= 4 is 11.6 Å². The van der Waals surface area contributed by atoms with Crippen molar-refractivity contribution < 1.29 is 9.53 Å². The van der Waals surface area contributed by atoms with Crippen LogP contribution in [0.1, 0.15) is 25.8 Å². The molecular weight excluding hydrogens is 314 g/mol. The average molecular weight is 337 g/mol. The summed E-state index contributed by atoms with van der Waals surface area (Å²) in [6, 6.07) is 11.9. The van der Waals surface area contributed by atoms with Gasteiger partial charge in [0.1, 0.15) is 11.9 Å². The summed E-state index contributed by atoms with van der Waals surface area (Å²) >= 11 is 0. The lowest BCUT2D eigenvalue weighted by atomic mass is 10.1. The number of ether oxygens (including phenoxy) is 1. The topological polar surface area (TPSA) is 45.7 Å². The number of carbonyl (C=O) groups excluding carboxylic acids is 1. The molecule has 1 saturated heterocycles. The molecule has 2 aliphatic rings. The Labute approximate surface area is 148 Å². The summed E-state index contributed by atoms with van der Waals surface area (Å²) in [6.45, 7) is 5.57. The third kappa shape index (κ3) is 3.00. The number of rotatable bonds is 3. The molecule has 0 unspecified atom stereocenters. The number of amides is 1. The van der Waals surface area contributed by atoms with Gasteiger partial charge in [-0.25, -0.2) is 0 Å². The SMILES string of the molecule is CC(C)N1C[C@@H]2C[C@H]1C(=O)N(Cc1cccnc1)c1ccccc1O2. The minimum Gasteiger partial charge on any atom is -0.487 e. The molecule has 25 heavy (non-hydrogen) atoms. The Bertz CT molecular complexity index is 763. The highest BCUT2D eigenvalue weighted by Gasteiger charge is 2.43. The van der Waals surface area contributed by atoms with Gasteiger partial charge in [-0.15, -0.1) is 0 Å². The predicted molar refractivity (Wildman–Crippen MR) is 96.5 cm³/mol. The van der Waals surface area contributed by atoms with Crippen LogP contribution in [-0.4, -0.2) is 40.5 Å². The van der Waals surface area contributed by atoms with Crippen molar-refractivity contribution in [2.75, 3.05) is 11.4 Å². The first-order chi connectivity index (χ1) is 12.1. The Morgan fingerprint density at radius 3 is 2.84 bits per heavy atom. The summed E-state index contributed by atoms with van der Waals surface area (Å²) in [5.41, 5.74) is 1.86. The lowest BCUT2D eigenvalue weighted by molar-refractivity contribution is -0.123. The molecule has 0 spiro atoms. The van der Waals surface area contributed by atoms with E-state index in [0.717, 1.165) is 30.0 Å². The first-order valence-corrected chi connectivity index (χ1v) is 8.85. The molecule has 5 heteroatoms. The Balaban J connectivity index is 1.75. The van der Waals surface area contributed by atoms with Crippen molar-refractivity contribution in [1.82, 2.24) is 9.88 Å². The van der Waals surface area contributed by atoms with Crippen LogP contribution in [0.5, 0.6) is 5.75 Å². The summed E-state index contributed by atoms with van der Waals surface area (Å²) in [4.78, 5) is 21.7. The smallest absolute Gasteiger partial charge is 0.244 e. The van der Waals surface area contributed by atoms with Gasteiger partial charge in [0.15, 0.2) is 0 Å². The monoisotopic (exact) mass is 337 g/mol. The largest absolute Gasteiger partial charge is 0.487 e. The summed E-state index contributed by atoms with van der Waals surface area (Å²) < 4.78 is 6.27. The number of carbonyl (C=O) groups is 1. The minimum atomic E-state index is -0.130. The first-order valence-electron chi connectivity index (χ1n) is 8.85. The molecule has 0 N–H and O–H groups in total. The molecule has 1 amide bonds. The number of likely N-dealkylation sites (tertiary alicyclic amines) is 1. The van der Waals surface area contributed by atoms with E-state index in [1.54, 1.807) is 6.20 Å². The fourth-order valence-electron chi connectivity index (χ4n) is 3.82. The van der Waals surface area contributed by atoms with Gasteiger partial charge in [-0.2, -0.15) is 0 Å². The molecule has 2 atom stereocenters. The Morgan fingerprint density at radius 1 is 1.24 bits per heavy atom. The standard InChI is InChI=1S/C20H23N3O2/c1-14(2)22-13-16-10-18(22)20(24)23(12-15-6-5-9-21-11-15)17-7-3-4-8-19(17)25-16/h3-9,11,14,16,18H,10,12-13H2,1-2H3/t16-,18-/m0/s1. The van der Waals surface area contributed by atoms with E-state index in [4.69, 9.17) is 4.74 Å². The molecular formula is C20H23N3O2. The fraction of sp³-hybridized carbons (Fsp3) is 0.400. The molecule has 1 aromatic carbocycles. The van der Waals surface area contributed by atoms with Crippen LogP contribution in [0, 0.1) is 0 Å². The van der Waals surface area contributed by atoms with Gasteiger partial charge in [0.2, 0.25) is 5.91 Å². The normalized spacial score (nSPS) is 23.2. The maximum Gasteiger partial charge on any atom is 0.244 e. The number of hydrogen-bond acceptors (Lipinski definition) is 4. The van der Waals surface area contributed by atoms with Crippen LogP contribution in [0.2, 0.25) is 0 Å². The molecule has 1 fully saturated rings. The zero-order valence-electron chi connectivity index (χ0n) is 14.6. The molecule has 4 rings (SSSR count). The summed E-state index contributed by atoms with van der Waals surface area (Å²) in [7, 11) is 0. The zero-order chi connectivity index (χ0) is 17.4. The number of anilines is 1. The van der Waals surface area contributed by atoms with Gasteiger partial charge in [0.05, 0.1) is 18.3 Å². The van der Waals surface area contributed by atoms with Crippen LogP contribution < -0.4 is 9.64 Å². The van der Waals surface area contributed by atoms with E-state index in [-0.39, 0.29) is 18.1 Å². The number of para-hydroxylation sites is 2. The highest BCUT2D eigenvalue weighted by Crippen LogP contribution is 2.37. The van der Waals surface area contributed by atoms with Crippen LogP contribution in [0.25, 0.3) is 0 Å². The maximum absolute atomic E-state index is 13.4. The molecule has 2 aliphatic heterocycles. The van der Waals surface area contributed by atoms with Crippen LogP contribution in [0.4, 0.5) is 5.69 Å². The van der Waals surface area contributed by atoms with Gasteiger partial charge in [-0.3, -0.25) is 14.7 Å². The maximum atomic E-state index is 13.4. The molecule has 130 valence electrons. The summed E-state index contributed by atoms with van der Waals surface area (Å²) in [5.74, 6) is 0.935. The number of fused-ring (bicyclic) bond motifs is 3.